The number of phenols is 1. The van der Waals surface area contributed by atoms with E-state index in [1.807, 2.05) is 38.1 Å². The zero-order chi connectivity index (χ0) is 65.3. The molecule has 1 saturated heterocycles. The maximum atomic E-state index is 15.1. The molecule has 0 unspecified atom stereocenters. The predicted octanol–water partition coefficient (Wildman–Crippen LogP) is 1.90. The predicted molar refractivity (Wildman–Crippen MR) is 335 cm³/mol. The zero-order valence-corrected chi connectivity index (χ0v) is 51.3. The number of carbonyl (C=O) groups is 9. The molecule has 0 saturated carbocycles. The Hall–Kier alpha value is -9.46. The standard InChI is InChI=1S/C64H85FN14O11/c1-5-69-60(87)53-18-12-32-79(53)63(90)49(17-11-31-71-64(66)67)75-58(85)50(33-39(2)3)76-57(84)48(16-8-9-30-70-56(83)42-13-10-29-68-36-42)74-61(88)54(34-41-21-26-45(81)27-22-41)78(4)62(89)52(38-80)77-59(86)51(35-43-37-72-47-15-7-6-14-46(43)47)73-55(82)28-23-40-19-24-44(65)25-20-40/h6-7,10,13-15,19-22,24-27,29,36-37,39,48-54,72,80-81H,5,8-9,11-12,16-18,23,28,30-35,38H2,1-4H3,(H,69,87)(H,70,83)(H,73,82)(H,74,88)(H,75,85)(H,76,84)(H,77,86)(H4,66,67,71)/t48-,49+,50+,51-,52+,53+,54+/m1/s1. The van der Waals surface area contributed by atoms with Crippen LogP contribution in [0.2, 0.25) is 0 Å². The molecule has 1 fully saturated rings. The summed E-state index contributed by atoms with van der Waals surface area (Å²) in [5, 5.41) is 41.2. The van der Waals surface area contributed by atoms with Gasteiger partial charge >= 0.3 is 0 Å². The van der Waals surface area contributed by atoms with Crippen molar-refractivity contribution in [2.75, 3.05) is 39.8 Å². The lowest BCUT2D eigenvalue weighted by molar-refractivity contribution is -0.144. The molecule has 3 aromatic carbocycles. The van der Waals surface area contributed by atoms with Crippen LogP contribution in [0.3, 0.4) is 0 Å². The maximum Gasteiger partial charge on any atom is 0.252 e. The second kappa shape index (κ2) is 34.9. The molecule has 0 radical (unpaired) electrons. The number of nitrogens with one attached hydrogen (secondary N) is 8. The molecule has 5 aromatic rings. The lowest BCUT2D eigenvalue weighted by atomic mass is 9.99. The van der Waals surface area contributed by atoms with Gasteiger partial charge < -0.3 is 73.7 Å². The smallest absolute Gasteiger partial charge is 0.252 e. The Morgan fingerprint density at radius 3 is 2.12 bits per heavy atom. The van der Waals surface area contributed by atoms with Crippen LogP contribution in [0, 0.1) is 11.7 Å². The molecule has 1 aliphatic rings. The van der Waals surface area contributed by atoms with Crippen LogP contribution in [0.1, 0.15) is 106 Å². The number of aromatic nitrogens is 2. The number of likely N-dealkylation sites (N-methyl/N-ethyl adjacent to an activating group) is 2. The lowest BCUT2D eigenvalue weighted by Crippen LogP contribution is -2.61. The molecule has 25 nitrogen and oxygen atoms in total. The number of aryl methyl sites for hydroxylation is 1. The number of aromatic hydroxyl groups is 1. The SMILES string of the molecule is CCNC(=O)[C@@H]1CCCN1C(=O)[C@H](CCCN=C(N)N)NC(=O)[C@H](CC(C)C)NC(=O)[C@@H](CCCCNC(=O)c1cccnc1)NC(=O)[C@H](Cc1ccc(O)cc1)N(C)C(=O)[C@H](CO)NC(=O)[C@@H](Cc1c[nH]c2ccccc12)NC(=O)CCc1ccc(F)cc1. The molecule has 0 bridgehead atoms. The highest BCUT2D eigenvalue weighted by Crippen LogP contribution is 2.23. The number of nitrogens with two attached hydrogens (primary N) is 2. The number of aromatic amines is 1. The van der Waals surface area contributed by atoms with Crippen LogP contribution < -0.4 is 48.7 Å². The molecular formula is C64H85FN14O11. The number of aliphatic hydroxyl groups excluding tert-OH is 1. The van der Waals surface area contributed by atoms with E-state index in [2.05, 4.69) is 52.2 Å². The molecule has 9 amide bonds. The number of pyridine rings is 1. The van der Waals surface area contributed by atoms with Crippen LogP contribution in [0.25, 0.3) is 10.9 Å². The summed E-state index contributed by atoms with van der Waals surface area (Å²) in [7, 11) is 1.28. The van der Waals surface area contributed by atoms with Crippen LogP contribution in [0.15, 0.2) is 109 Å². The topological polar surface area (TPSA) is 378 Å². The van der Waals surface area contributed by atoms with Crippen LogP contribution in [0.4, 0.5) is 4.39 Å². The summed E-state index contributed by atoms with van der Waals surface area (Å²) in [4.78, 5) is 141. The summed E-state index contributed by atoms with van der Waals surface area (Å²) in [6, 6.07) is 12.9. The molecule has 1 aliphatic heterocycles. The number of guanidine groups is 1. The van der Waals surface area contributed by atoms with E-state index < -0.39 is 96.1 Å². The third-order valence-electron chi connectivity index (χ3n) is 15.4. The molecule has 26 heteroatoms. The number of aliphatic imine (C=N–C) groups is 1. The highest BCUT2D eigenvalue weighted by atomic mass is 19.1. The number of fused-ring (bicyclic) bond motifs is 1. The van der Waals surface area contributed by atoms with E-state index in [1.165, 1.54) is 60.7 Å². The van der Waals surface area contributed by atoms with Gasteiger partial charge in [0.15, 0.2) is 5.96 Å². The second-order valence-electron chi connectivity index (χ2n) is 22.7. The Balaban J connectivity index is 1.26. The van der Waals surface area contributed by atoms with E-state index in [9.17, 15) is 53.0 Å². The van der Waals surface area contributed by atoms with Crippen LogP contribution >= 0.6 is 0 Å². The van der Waals surface area contributed by atoms with Crippen LogP contribution in [-0.2, 0) is 57.6 Å². The van der Waals surface area contributed by atoms with Gasteiger partial charge in [-0.1, -0.05) is 56.3 Å². The molecule has 0 aliphatic carbocycles. The Morgan fingerprint density at radius 1 is 0.767 bits per heavy atom. The number of rotatable bonds is 34. The lowest BCUT2D eigenvalue weighted by Gasteiger charge is -2.32. The van der Waals surface area contributed by atoms with Crippen molar-refractivity contribution < 1.29 is 57.8 Å². The first-order valence-corrected chi connectivity index (χ1v) is 30.4. The van der Waals surface area contributed by atoms with Gasteiger partial charge in [0.25, 0.3) is 5.91 Å². The van der Waals surface area contributed by atoms with Crippen molar-refractivity contribution in [1.82, 2.24) is 57.0 Å². The van der Waals surface area contributed by atoms with Crippen molar-refractivity contribution in [3.8, 4) is 5.75 Å². The Morgan fingerprint density at radius 2 is 1.43 bits per heavy atom. The number of aliphatic hydroxyl groups is 1. The second-order valence-corrected chi connectivity index (χ2v) is 22.7. The third kappa shape index (κ3) is 21.1. The summed E-state index contributed by atoms with van der Waals surface area (Å²) in [5.41, 5.74) is 14.0. The number of hydrogen-bond acceptors (Lipinski definition) is 13. The minimum absolute atomic E-state index is 0.0517. The summed E-state index contributed by atoms with van der Waals surface area (Å²) in [6.45, 7) is 5.34. The van der Waals surface area contributed by atoms with E-state index >= 15 is 4.79 Å². The van der Waals surface area contributed by atoms with Crippen molar-refractivity contribution in [3.05, 3.63) is 132 Å². The molecule has 3 heterocycles. The maximum absolute atomic E-state index is 15.1. The fourth-order valence-corrected chi connectivity index (χ4v) is 10.6. The first kappa shape index (κ1) is 69.6. The average molecular weight is 1250 g/mol. The minimum atomic E-state index is -1.69. The number of halogens is 1. The molecule has 90 heavy (non-hydrogen) atoms. The molecule has 6 rings (SSSR count). The number of para-hydroxylation sites is 1. The van der Waals surface area contributed by atoms with Crippen molar-refractivity contribution in [1.29, 1.82) is 0 Å². The van der Waals surface area contributed by atoms with E-state index in [-0.39, 0.29) is 107 Å². The fourth-order valence-electron chi connectivity index (χ4n) is 10.6. The summed E-state index contributed by atoms with van der Waals surface area (Å²) in [6.07, 6.45) is 6.31. The highest BCUT2D eigenvalue weighted by molar-refractivity contribution is 5.98. The van der Waals surface area contributed by atoms with Crippen molar-refractivity contribution >= 4 is 70.0 Å². The molecular weight excluding hydrogens is 1160 g/mol. The van der Waals surface area contributed by atoms with Crippen molar-refractivity contribution in [3.63, 3.8) is 0 Å². The van der Waals surface area contributed by atoms with Gasteiger partial charge in [-0.15, -0.1) is 0 Å². The van der Waals surface area contributed by atoms with Crippen LogP contribution in [0.5, 0.6) is 5.75 Å². The van der Waals surface area contributed by atoms with E-state index in [0.29, 0.717) is 48.1 Å². The summed E-state index contributed by atoms with van der Waals surface area (Å²) < 4.78 is 13.7. The van der Waals surface area contributed by atoms with Gasteiger partial charge in [0.1, 0.15) is 53.9 Å². The highest BCUT2D eigenvalue weighted by Gasteiger charge is 2.40. The van der Waals surface area contributed by atoms with Gasteiger partial charge in [0.2, 0.25) is 47.3 Å². The number of carbonyl (C=O) groups excluding carboxylic acids is 9. The normalized spacial score (nSPS) is 14.8. The minimum Gasteiger partial charge on any atom is -0.508 e. The van der Waals surface area contributed by atoms with Crippen molar-refractivity contribution in [2.24, 2.45) is 22.4 Å². The Kier molecular flexibility index (Phi) is 27.0. The number of unbranched alkanes of at least 4 members (excludes halogenated alkanes) is 1. The Bertz CT molecular complexity index is 3250. The molecule has 2 aromatic heterocycles. The molecule has 7 atom stereocenters. The largest absolute Gasteiger partial charge is 0.508 e. The van der Waals surface area contributed by atoms with Gasteiger partial charge in [-0.2, -0.15) is 0 Å². The van der Waals surface area contributed by atoms with Gasteiger partial charge in [-0.05, 0) is 130 Å². The van der Waals surface area contributed by atoms with Crippen molar-refractivity contribution in [2.45, 2.75) is 140 Å². The summed E-state index contributed by atoms with van der Waals surface area (Å²) >= 11 is 0. The quantitative estimate of drug-likeness (QED) is 0.0159. The van der Waals surface area contributed by atoms with Gasteiger partial charge in [-0.3, -0.25) is 53.1 Å². The number of amides is 9. The number of nitrogens with zero attached hydrogens (tertiary/aromatic N) is 4. The fraction of sp³-hybridized carbons (Fsp3) is 0.453. The van der Waals surface area contributed by atoms with Gasteiger partial charge in [0.05, 0.1) is 12.2 Å². The zero-order valence-electron chi connectivity index (χ0n) is 51.3. The Labute approximate surface area is 522 Å². The van der Waals surface area contributed by atoms with E-state index in [0.717, 1.165) is 15.8 Å². The van der Waals surface area contributed by atoms with Crippen LogP contribution in [-0.4, -0.2) is 171 Å². The first-order valence-electron chi connectivity index (χ1n) is 30.4. The third-order valence-corrected chi connectivity index (χ3v) is 15.4. The first-order chi connectivity index (χ1) is 43.1. The molecule has 14 N–H and O–H groups in total. The monoisotopic (exact) mass is 1240 g/mol. The number of phenolic OH excluding ortho intramolecular Hbond substituents is 1. The molecule has 0 spiro atoms. The van der Waals surface area contributed by atoms with Gasteiger partial charge in [-0.25, -0.2) is 4.39 Å². The average Bonchev–Trinajstić information content (AvgIpc) is 1.77. The van der Waals surface area contributed by atoms with Gasteiger partial charge in [0, 0.05) is 82.0 Å². The number of benzene rings is 3. The number of hydrogen-bond donors (Lipinski definition) is 12. The molecule has 484 valence electrons. The van der Waals surface area contributed by atoms with E-state index in [1.54, 1.807) is 37.4 Å². The number of H-pyrrole nitrogens is 1. The number of likely N-dealkylation sites (tertiary alicyclic amines) is 1. The van der Waals surface area contributed by atoms with E-state index in [4.69, 9.17) is 11.5 Å². The summed E-state index contributed by atoms with van der Waals surface area (Å²) in [5.74, 6) is -6.86.